The first-order chi connectivity index (χ1) is 12.8. The third kappa shape index (κ3) is 5.96. The number of anilines is 1. The Kier molecular flexibility index (Phi) is 7.18. The molecule has 0 saturated carbocycles. The summed E-state index contributed by atoms with van der Waals surface area (Å²) in [4.78, 5) is 24.0. The molecule has 0 saturated heterocycles. The molecular weight excluding hydrogens is 421 g/mol. The predicted molar refractivity (Wildman–Crippen MR) is 101 cm³/mol. The highest BCUT2D eigenvalue weighted by atomic mass is 79.9. The summed E-state index contributed by atoms with van der Waals surface area (Å²) in [5, 5.41) is 12.1. The van der Waals surface area contributed by atoms with Crippen LogP contribution in [-0.4, -0.2) is 30.2 Å². The van der Waals surface area contributed by atoms with Gasteiger partial charge < -0.3 is 19.9 Å². The van der Waals surface area contributed by atoms with Crippen LogP contribution in [0.5, 0.6) is 11.5 Å². The van der Waals surface area contributed by atoms with E-state index in [4.69, 9.17) is 9.47 Å². The Labute approximate surface area is 164 Å². The quantitative estimate of drug-likeness (QED) is 0.640. The van der Waals surface area contributed by atoms with Crippen LogP contribution in [-0.2, 0) is 20.7 Å². The van der Waals surface area contributed by atoms with E-state index in [2.05, 4.69) is 21.2 Å². The molecular formula is C19H19BrFNO5. The highest BCUT2D eigenvalue weighted by Gasteiger charge is 2.19. The number of aryl methyl sites for hydroxylation is 1. The van der Waals surface area contributed by atoms with Crippen molar-refractivity contribution in [3.63, 3.8) is 0 Å². The summed E-state index contributed by atoms with van der Waals surface area (Å²) in [6, 6.07) is 9.02. The topological polar surface area (TPSA) is 84.9 Å². The zero-order chi connectivity index (χ0) is 20.0. The fourth-order valence-electron chi connectivity index (χ4n) is 2.27. The van der Waals surface area contributed by atoms with E-state index in [1.807, 2.05) is 0 Å². The van der Waals surface area contributed by atoms with Crippen LogP contribution >= 0.6 is 15.9 Å². The molecule has 0 spiro atoms. The molecule has 144 valence electrons. The van der Waals surface area contributed by atoms with Crippen molar-refractivity contribution in [3.05, 3.63) is 52.3 Å². The van der Waals surface area contributed by atoms with Gasteiger partial charge in [0.25, 0.3) is 5.91 Å². The van der Waals surface area contributed by atoms with Crippen LogP contribution in [0, 0.1) is 5.82 Å². The van der Waals surface area contributed by atoms with Gasteiger partial charge in [-0.1, -0.05) is 22.0 Å². The van der Waals surface area contributed by atoms with Crippen LogP contribution in [0.3, 0.4) is 0 Å². The van der Waals surface area contributed by atoms with Crippen molar-refractivity contribution >= 4 is 33.5 Å². The van der Waals surface area contributed by atoms with E-state index in [1.165, 1.54) is 32.2 Å². The normalized spacial score (nSPS) is 11.6. The number of hydrogen-bond acceptors (Lipinski definition) is 5. The Morgan fingerprint density at radius 2 is 2.00 bits per heavy atom. The number of hydrogen-bond donors (Lipinski definition) is 2. The molecule has 0 aliphatic rings. The molecule has 0 aliphatic heterocycles. The van der Waals surface area contributed by atoms with Crippen molar-refractivity contribution in [2.45, 2.75) is 25.9 Å². The zero-order valence-corrected chi connectivity index (χ0v) is 16.4. The molecule has 6 nitrogen and oxygen atoms in total. The molecule has 1 atom stereocenters. The lowest BCUT2D eigenvalue weighted by Gasteiger charge is -2.14. The maximum Gasteiger partial charge on any atom is 0.306 e. The van der Waals surface area contributed by atoms with Crippen LogP contribution < -0.4 is 10.1 Å². The fraction of sp³-hybridized carbons (Fsp3) is 0.263. The number of amides is 1. The van der Waals surface area contributed by atoms with Gasteiger partial charge in [0.15, 0.2) is 17.6 Å². The zero-order valence-electron chi connectivity index (χ0n) is 14.8. The number of phenolic OH excluding ortho intramolecular Hbond substituents is 1. The molecule has 0 fully saturated rings. The number of methoxy groups -OCH3 is 1. The standard InChI is InChI=1S/C19H19BrFNO5/c1-11(19(25)22-15-6-5-13(20)10-14(15)21)27-18(24)8-4-12-3-7-17(26-2)16(23)9-12/h3,5-7,9-11,23H,4,8H2,1-2H3,(H,22,25). The van der Waals surface area contributed by atoms with Crippen LogP contribution in [0.15, 0.2) is 40.9 Å². The molecule has 27 heavy (non-hydrogen) atoms. The second kappa shape index (κ2) is 9.36. The lowest BCUT2D eigenvalue weighted by Crippen LogP contribution is -2.30. The number of ether oxygens (including phenoxy) is 2. The molecule has 2 N–H and O–H groups in total. The largest absolute Gasteiger partial charge is 0.504 e. The van der Waals surface area contributed by atoms with Crippen molar-refractivity contribution in [3.8, 4) is 11.5 Å². The first-order valence-electron chi connectivity index (χ1n) is 8.11. The minimum absolute atomic E-state index is 0.000179. The van der Waals surface area contributed by atoms with E-state index in [0.29, 0.717) is 16.6 Å². The molecule has 2 aromatic carbocycles. The Morgan fingerprint density at radius 1 is 1.26 bits per heavy atom. The Balaban J connectivity index is 1.85. The second-order valence-corrected chi connectivity index (χ2v) is 6.67. The summed E-state index contributed by atoms with van der Waals surface area (Å²) in [6.45, 7) is 1.41. The van der Waals surface area contributed by atoms with Crippen LogP contribution in [0.25, 0.3) is 0 Å². The summed E-state index contributed by atoms with van der Waals surface area (Å²) in [5.74, 6) is -1.49. The second-order valence-electron chi connectivity index (χ2n) is 5.75. The van der Waals surface area contributed by atoms with Crippen molar-refractivity contribution in [2.75, 3.05) is 12.4 Å². The van der Waals surface area contributed by atoms with E-state index < -0.39 is 23.8 Å². The first-order valence-corrected chi connectivity index (χ1v) is 8.90. The van der Waals surface area contributed by atoms with Crippen LogP contribution in [0.2, 0.25) is 0 Å². The average Bonchev–Trinajstić information content (AvgIpc) is 2.62. The Hall–Kier alpha value is -2.61. The van der Waals surface area contributed by atoms with E-state index in [1.54, 1.807) is 18.2 Å². The number of benzene rings is 2. The van der Waals surface area contributed by atoms with Gasteiger partial charge in [0.1, 0.15) is 5.82 Å². The molecule has 2 rings (SSSR count). The number of rotatable bonds is 7. The van der Waals surface area contributed by atoms with Crippen molar-refractivity contribution < 1.29 is 28.6 Å². The summed E-state index contributed by atoms with van der Waals surface area (Å²) in [5.41, 5.74) is 0.721. The summed E-state index contributed by atoms with van der Waals surface area (Å²) in [6.07, 6.45) is -0.730. The van der Waals surface area contributed by atoms with E-state index in [9.17, 15) is 19.1 Å². The van der Waals surface area contributed by atoms with E-state index in [-0.39, 0.29) is 17.9 Å². The number of halogens is 2. The third-order valence-corrected chi connectivity index (χ3v) is 4.22. The van der Waals surface area contributed by atoms with Crippen molar-refractivity contribution in [1.29, 1.82) is 0 Å². The van der Waals surface area contributed by atoms with E-state index in [0.717, 1.165) is 5.56 Å². The van der Waals surface area contributed by atoms with Gasteiger partial charge in [0.05, 0.1) is 12.8 Å². The molecule has 1 amide bonds. The molecule has 8 heteroatoms. The summed E-state index contributed by atoms with van der Waals surface area (Å²) >= 11 is 3.13. The van der Waals surface area contributed by atoms with Gasteiger partial charge in [-0.05, 0) is 49.2 Å². The minimum atomic E-state index is -1.08. The lowest BCUT2D eigenvalue weighted by atomic mass is 10.1. The van der Waals surface area contributed by atoms with Crippen LogP contribution in [0.4, 0.5) is 10.1 Å². The number of nitrogens with one attached hydrogen (secondary N) is 1. The Morgan fingerprint density at radius 3 is 2.63 bits per heavy atom. The van der Waals surface area contributed by atoms with Gasteiger partial charge in [0.2, 0.25) is 0 Å². The fourth-order valence-corrected chi connectivity index (χ4v) is 2.61. The number of aromatic hydroxyl groups is 1. The highest BCUT2D eigenvalue weighted by Crippen LogP contribution is 2.26. The monoisotopic (exact) mass is 439 g/mol. The van der Waals surface area contributed by atoms with Gasteiger partial charge >= 0.3 is 5.97 Å². The molecule has 0 bridgehead atoms. The highest BCUT2D eigenvalue weighted by molar-refractivity contribution is 9.10. The maximum absolute atomic E-state index is 13.8. The SMILES string of the molecule is COc1ccc(CCC(=O)OC(C)C(=O)Nc2ccc(Br)cc2F)cc1O. The first kappa shape index (κ1) is 20.7. The van der Waals surface area contributed by atoms with Gasteiger partial charge in [-0.25, -0.2) is 4.39 Å². The molecule has 0 aliphatic carbocycles. The molecule has 0 heterocycles. The number of carbonyl (C=O) groups is 2. The van der Waals surface area contributed by atoms with Crippen molar-refractivity contribution in [1.82, 2.24) is 0 Å². The molecule has 2 aromatic rings. The number of esters is 1. The average molecular weight is 440 g/mol. The van der Waals surface area contributed by atoms with Crippen molar-refractivity contribution in [2.24, 2.45) is 0 Å². The van der Waals surface area contributed by atoms with Gasteiger partial charge in [-0.2, -0.15) is 0 Å². The molecule has 0 aromatic heterocycles. The van der Waals surface area contributed by atoms with Gasteiger partial charge in [-0.3, -0.25) is 9.59 Å². The number of phenols is 1. The summed E-state index contributed by atoms with van der Waals surface area (Å²) < 4.78 is 24.3. The summed E-state index contributed by atoms with van der Waals surface area (Å²) in [7, 11) is 1.44. The number of carbonyl (C=O) groups excluding carboxylic acids is 2. The smallest absolute Gasteiger partial charge is 0.306 e. The predicted octanol–water partition coefficient (Wildman–Crippen LogP) is 3.81. The van der Waals surface area contributed by atoms with E-state index >= 15 is 0 Å². The molecule has 0 radical (unpaired) electrons. The van der Waals surface area contributed by atoms with Gasteiger partial charge in [0, 0.05) is 10.9 Å². The maximum atomic E-state index is 13.8. The Bertz CT molecular complexity index is 843. The van der Waals surface area contributed by atoms with Crippen LogP contribution in [0.1, 0.15) is 18.9 Å². The minimum Gasteiger partial charge on any atom is -0.504 e. The molecule has 1 unspecified atom stereocenters. The van der Waals surface area contributed by atoms with Gasteiger partial charge in [-0.15, -0.1) is 0 Å². The third-order valence-electron chi connectivity index (χ3n) is 3.73. The lowest BCUT2D eigenvalue weighted by molar-refractivity contribution is -0.153.